The molecule has 19 heteroatoms. The van der Waals surface area contributed by atoms with Gasteiger partial charge in [0.1, 0.15) is 49.1 Å². The van der Waals surface area contributed by atoms with E-state index in [9.17, 15) is 33.6 Å². The second-order valence-corrected chi connectivity index (χ2v) is 22.6. The Bertz CT molecular complexity index is 2460. The van der Waals surface area contributed by atoms with Gasteiger partial charge in [0, 0.05) is 18.2 Å². The first-order valence-corrected chi connectivity index (χ1v) is 26.6. The number of hydrogen-bond donors (Lipinski definition) is 4. The smallest absolute Gasteiger partial charge is 0.316 e. The first kappa shape index (κ1) is 59.7. The molecule has 2 aliphatic rings. The number of aldehydes is 1. The van der Waals surface area contributed by atoms with Crippen LogP contribution in [0.25, 0.3) is 0 Å². The zero-order valence-corrected chi connectivity index (χ0v) is 44.5. The van der Waals surface area contributed by atoms with E-state index in [1.165, 1.54) is 0 Å². The topological polar surface area (TPSA) is 256 Å². The van der Waals surface area contributed by atoms with Crippen molar-refractivity contribution in [2.24, 2.45) is 17.3 Å². The highest BCUT2D eigenvalue weighted by molar-refractivity contribution is 7.84. The van der Waals surface area contributed by atoms with Crippen LogP contribution in [0.1, 0.15) is 102 Å². The highest BCUT2D eigenvalue weighted by Gasteiger charge is 2.50. The van der Waals surface area contributed by atoms with Crippen molar-refractivity contribution in [2.75, 3.05) is 45.7 Å². The molecular formula is C54H75N5O13S. The average molecular weight is 1030 g/mol. The third kappa shape index (κ3) is 20.5. The fourth-order valence-corrected chi connectivity index (χ4v) is 8.29. The van der Waals surface area contributed by atoms with Gasteiger partial charge in [0.25, 0.3) is 5.91 Å². The molecule has 400 valence electrons. The van der Waals surface area contributed by atoms with Gasteiger partial charge in [-0.1, -0.05) is 88.4 Å². The molecule has 2 heterocycles. The highest BCUT2D eigenvalue weighted by atomic mass is 32.2. The maximum Gasteiger partial charge on any atom is 0.316 e. The summed E-state index contributed by atoms with van der Waals surface area (Å²) in [4.78, 5) is 95.7. The lowest BCUT2D eigenvalue weighted by atomic mass is 9.93. The fourth-order valence-electron chi connectivity index (χ4n) is 8.29. The minimum Gasteiger partial charge on any atom is -0.748 e. The Morgan fingerprint density at radius 1 is 0.753 bits per heavy atom. The Labute approximate surface area is 430 Å². The molecule has 4 amide bonds. The number of quaternary nitrogens is 1. The predicted octanol–water partition coefficient (Wildman–Crippen LogP) is 4.22. The van der Waals surface area contributed by atoms with Crippen LogP contribution in [0.15, 0.2) is 78.9 Å². The molecule has 3 aromatic rings. The van der Waals surface area contributed by atoms with Crippen molar-refractivity contribution in [3.8, 4) is 5.75 Å². The number of carbonyl (C=O) groups is 7. The van der Waals surface area contributed by atoms with Gasteiger partial charge >= 0.3 is 5.97 Å². The summed E-state index contributed by atoms with van der Waals surface area (Å²) >= 11 is 0. The number of ketones is 1. The predicted molar refractivity (Wildman–Crippen MR) is 273 cm³/mol. The third-order valence-corrected chi connectivity index (χ3v) is 12.3. The lowest BCUT2D eigenvalue weighted by Crippen LogP contribution is -2.61. The monoisotopic (exact) mass is 1030 g/mol. The van der Waals surface area contributed by atoms with E-state index < -0.39 is 69.0 Å². The number of Topliss-reactive ketones (excluding diaryl/α,β-unsaturated/α-hetero) is 1. The molecular weight excluding hydrogens is 959 g/mol. The molecule has 73 heavy (non-hydrogen) atoms. The standard InChI is InChI=1S/C53H71N5O10.CH4O3S/c1-35(2)27-42(47(61)53(8)34-67-53)55-50(64)44(30-38-17-13-10-14-18-38)57-49(63)43(28-36(3)4)56-48(62)41(21-19-37-15-11-9-12-16-37)54-46(60)32-58(23-25-66-26-24-58)31-39-20-22-45(40(29-39)33-59)68-51(65)52(5,6)7;1-5(2,3)4/h9-18,20,22,29,33,35-36,41-44H,19,21,23-28,30-32,34H2,1-8H3,(H3-,54,55,56,57,60,62,63,64);1H3,(H,2,3,4)/t41?,42?,43?,44?,53-;/m1./s1. The summed E-state index contributed by atoms with van der Waals surface area (Å²) in [5.74, 6) is -2.56. The van der Waals surface area contributed by atoms with Crippen molar-refractivity contribution in [3.63, 3.8) is 0 Å². The largest absolute Gasteiger partial charge is 0.748 e. The Hall–Kier alpha value is -5.86. The van der Waals surface area contributed by atoms with Gasteiger partial charge in [0.05, 0.1) is 47.0 Å². The van der Waals surface area contributed by atoms with Crippen LogP contribution in [0.5, 0.6) is 5.75 Å². The summed E-state index contributed by atoms with van der Waals surface area (Å²) < 4.78 is 44.2. The number of rotatable bonds is 24. The van der Waals surface area contributed by atoms with Crippen LogP contribution in [0, 0.1) is 17.3 Å². The maximum absolute atomic E-state index is 14.5. The van der Waals surface area contributed by atoms with Gasteiger partial charge < -0.3 is 44.5 Å². The number of carbonyl (C=O) groups excluding carboxylic acids is 7. The van der Waals surface area contributed by atoms with Crippen molar-refractivity contribution >= 4 is 51.8 Å². The van der Waals surface area contributed by atoms with Crippen LogP contribution in [0.3, 0.4) is 0 Å². The number of esters is 1. The second kappa shape index (κ2) is 26.9. The molecule has 4 N–H and O–H groups in total. The van der Waals surface area contributed by atoms with Crippen LogP contribution in [0.2, 0.25) is 0 Å². The van der Waals surface area contributed by atoms with E-state index in [0.29, 0.717) is 58.2 Å². The lowest BCUT2D eigenvalue weighted by Gasteiger charge is -2.41. The van der Waals surface area contributed by atoms with Crippen LogP contribution < -0.4 is 26.0 Å². The number of morpholine rings is 1. The van der Waals surface area contributed by atoms with Gasteiger partial charge in [-0.25, -0.2) is 8.42 Å². The van der Waals surface area contributed by atoms with Gasteiger partial charge in [0.15, 0.2) is 18.6 Å². The van der Waals surface area contributed by atoms with Gasteiger partial charge in [-0.15, -0.1) is 0 Å². The molecule has 2 saturated heterocycles. The normalized spacial score (nSPS) is 17.9. The molecule has 3 aromatic carbocycles. The summed E-state index contributed by atoms with van der Waals surface area (Å²) in [7, 11) is -3.92. The number of benzene rings is 3. The molecule has 5 rings (SSSR count). The maximum atomic E-state index is 14.5. The molecule has 2 aliphatic heterocycles. The summed E-state index contributed by atoms with van der Waals surface area (Å²) in [5, 5.41) is 11.8. The van der Waals surface area contributed by atoms with E-state index in [1.54, 1.807) is 45.9 Å². The lowest BCUT2D eigenvalue weighted by molar-refractivity contribution is -0.940. The van der Waals surface area contributed by atoms with E-state index in [4.69, 9.17) is 27.2 Å². The van der Waals surface area contributed by atoms with Crippen LogP contribution in [-0.2, 0) is 67.7 Å². The van der Waals surface area contributed by atoms with E-state index in [1.807, 2.05) is 88.4 Å². The molecule has 0 radical (unpaired) electrons. The molecule has 4 unspecified atom stereocenters. The van der Waals surface area contributed by atoms with Crippen molar-refractivity contribution in [1.29, 1.82) is 0 Å². The van der Waals surface area contributed by atoms with Crippen LogP contribution in [-0.4, -0.2) is 135 Å². The van der Waals surface area contributed by atoms with Crippen LogP contribution >= 0.6 is 0 Å². The van der Waals surface area contributed by atoms with Gasteiger partial charge in [0.2, 0.25) is 17.7 Å². The van der Waals surface area contributed by atoms with E-state index >= 15 is 0 Å². The number of hydrogen-bond acceptors (Lipinski definition) is 13. The minimum atomic E-state index is -3.92. The van der Waals surface area contributed by atoms with Gasteiger partial charge in [-0.05, 0) is 94.5 Å². The van der Waals surface area contributed by atoms with Gasteiger partial charge in [-0.3, -0.25) is 33.6 Å². The molecule has 2 fully saturated rings. The molecule has 0 aliphatic carbocycles. The number of epoxide rings is 1. The number of nitrogens with one attached hydrogen (secondary N) is 4. The van der Waals surface area contributed by atoms with E-state index in [2.05, 4.69) is 21.3 Å². The Balaban J connectivity index is 0.00000220. The Kier molecular flexibility index (Phi) is 22.0. The second-order valence-electron chi connectivity index (χ2n) is 21.2. The zero-order valence-electron chi connectivity index (χ0n) is 43.7. The summed E-state index contributed by atoms with van der Waals surface area (Å²) in [6.45, 7) is 17.0. The number of aryl methyl sites for hydroxylation is 1. The molecule has 0 saturated carbocycles. The number of ether oxygens (including phenoxy) is 3. The molecule has 18 nitrogen and oxygen atoms in total. The highest BCUT2D eigenvalue weighted by Crippen LogP contribution is 2.30. The number of nitrogens with zero attached hydrogens (tertiary/aromatic N) is 1. The van der Waals surface area contributed by atoms with Crippen molar-refractivity contribution in [1.82, 2.24) is 21.3 Å². The summed E-state index contributed by atoms with van der Waals surface area (Å²) in [6, 6.07) is 19.8. The first-order valence-electron chi connectivity index (χ1n) is 24.8. The van der Waals surface area contributed by atoms with Crippen molar-refractivity contribution in [3.05, 3.63) is 101 Å². The van der Waals surface area contributed by atoms with Gasteiger partial charge in [-0.2, -0.15) is 0 Å². The zero-order chi connectivity index (χ0) is 54.1. The molecule has 5 atom stereocenters. The first-order chi connectivity index (χ1) is 34.2. The molecule has 0 aromatic heterocycles. The third-order valence-electron chi connectivity index (χ3n) is 12.3. The number of amides is 4. The summed E-state index contributed by atoms with van der Waals surface area (Å²) in [5.41, 5.74) is 0.972. The molecule has 0 bridgehead atoms. The van der Waals surface area contributed by atoms with Crippen LogP contribution in [0.4, 0.5) is 0 Å². The minimum absolute atomic E-state index is 0.00652. The summed E-state index contributed by atoms with van der Waals surface area (Å²) in [6.07, 6.45) is 2.67. The SMILES string of the molecule is CC(C)CC(NC(=O)C(CCc1ccccc1)NC(=O)C[N+]1(Cc2ccc(OC(=O)C(C)(C)C)c(C=O)c2)CCOCC1)C(=O)NC(Cc1ccccc1)C(=O)NC(CC(C)C)C(=O)[C@@]1(C)CO1.CS(=O)(=O)[O-]. The Morgan fingerprint density at radius 2 is 1.26 bits per heavy atom. The van der Waals surface area contributed by atoms with E-state index in [-0.39, 0.29) is 71.7 Å². The van der Waals surface area contributed by atoms with Crippen molar-refractivity contribution < 1.29 is 65.2 Å². The average Bonchev–Trinajstić information content (AvgIpc) is 4.07. The van der Waals surface area contributed by atoms with E-state index in [0.717, 1.165) is 16.7 Å². The quantitative estimate of drug-likeness (QED) is 0.0245. The molecule has 0 spiro atoms. The Morgan fingerprint density at radius 3 is 1.79 bits per heavy atom. The fraction of sp³-hybridized carbons (Fsp3) is 0.537. The van der Waals surface area contributed by atoms with Crippen molar-refractivity contribution in [2.45, 2.75) is 124 Å².